The second-order valence-corrected chi connectivity index (χ2v) is 10.8. The Morgan fingerprint density at radius 2 is 1.62 bits per heavy atom. The number of nitrogens with one attached hydrogen (secondary N) is 1. The molecule has 190 valence electrons. The molecule has 0 saturated carbocycles. The van der Waals surface area contributed by atoms with Crippen LogP contribution in [0.25, 0.3) is 5.69 Å². The van der Waals surface area contributed by atoms with Crippen LogP contribution in [-0.4, -0.2) is 31.7 Å². The summed E-state index contributed by atoms with van der Waals surface area (Å²) in [6.07, 6.45) is 1.55. The van der Waals surface area contributed by atoms with Gasteiger partial charge >= 0.3 is 0 Å². The van der Waals surface area contributed by atoms with Gasteiger partial charge in [-0.2, -0.15) is 5.10 Å². The van der Waals surface area contributed by atoms with Gasteiger partial charge in [0.1, 0.15) is 6.54 Å². The number of hydrogen-bond acceptors (Lipinski definition) is 4. The molecule has 1 amide bonds. The lowest BCUT2D eigenvalue weighted by Gasteiger charge is -2.24. The van der Waals surface area contributed by atoms with Crippen molar-refractivity contribution in [2.75, 3.05) is 10.8 Å². The quantitative estimate of drug-likeness (QED) is 0.242. The molecule has 7 nitrogen and oxygen atoms in total. The van der Waals surface area contributed by atoms with Gasteiger partial charge < -0.3 is 4.57 Å². The van der Waals surface area contributed by atoms with Gasteiger partial charge in [0.15, 0.2) is 0 Å². The maximum Gasteiger partial charge on any atom is 0.264 e. The number of para-hydroxylation sites is 1. The topological polar surface area (TPSA) is 83.8 Å². The minimum absolute atomic E-state index is 0.0507. The lowest BCUT2D eigenvalue weighted by molar-refractivity contribution is -0.119. The van der Waals surface area contributed by atoms with Crippen molar-refractivity contribution in [3.63, 3.8) is 0 Å². The van der Waals surface area contributed by atoms with Crippen LogP contribution in [0.4, 0.5) is 5.69 Å². The fourth-order valence-electron chi connectivity index (χ4n) is 4.02. The third-order valence-corrected chi connectivity index (χ3v) is 7.99. The summed E-state index contributed by atoms with van der Waals surface area (Å²) in [5, 5.41) is 4.31. The molecular formula is C28H27ClN4O3S. The van der Waals surface area contributed by atoms with Crippen molar-refractivity contribution < 1.29 is 13.2 Å². The van der Waals surface area contributed by atoms with E-state index < -0.39 is 22.5 Å². The van der Waals surface area contributed by atoms with Crippen LogP contribution in [0.5, 0.6) is 0 Å². The number of aryl methyl sites for hydroxylation is 2. The van der Waals surface area contributed by atoms with E-state index in [1.165, 1.54) is 17.7 Å². The fraction of sp³-hybridized carbons (Fsp3) is 0.143. The molecule has 4 rings (SSSR count). The number of sulfonamides is 1. The largest absolute Gasteiger partial charge is 0.318 e. The molecular weight excluding hydrogens is 508 g/mol. The second-order valence-electron chi connectivity index (χ2n) is 8.57. The number of benzene rings is 3. The Balaban J connectivity index is 1.55. The number of anilines is 1. The van der Waals surface area contributed by atoms with Crippen LogP contribution >= 0.6 is 11.6 Å². The monoisotopic (exact) mass is 534 g/mol. The minimum atomic E-state index is -4.06. The lowest BCUT2D eigenvalue weighted by Crippen LogP contribution is -2.39. The van der Waals surface area contributed by atoms with Crippen molar-refractivity contribution in [1.29, 1.82) is 0 Å². The van der Waals surface area contributed by atoms with Crippen LogP contribution < -0.4 is 9.73 Å². The van der Waals surface area contributed by atoms with E-state index in [9.17, 15) is 13.2 Å². The standard InChI is InChI=1S/C28H27ClN4O3S/c1-20-13-15-24(16-14-20)33-21(2)17-23(22(33)3)18-30-31-28(34)19-32(27-12-8-7-11-26(27)29)37(35,36)25-9-5-4-6-10-25/h4-18H,19H2,1-3H3,(H,31,34)/b30-18-. The number of hydrazone groups is 1. The lowest BCUT2D eigenvalue weighted by atomic mass is 10.2. The first kappa shape index (κ1) is 26.2. The normalized spacial score (nSPS) is 11.6. The van der Waals surface area contributed by atoms with E-state index in [2.05, 4.69) is 39.4 Å². The maximum absolute atomic E-state index is 13.4. The molecule has 4 aromatic rings. The first-order valence-corrected chi connectivity index (χ1v) is 13.4. The smallest absolute Gasteiger partial charge is 0.264 e. The van der Waals surface area contributed by atoms with E-state index in [0.717, 1.165) is 26.9 Å². The summed E-state index contributed by atoms with van der Waals surface area (Å²) in [5.41, 5.74) is 7.68. The summed E-state index contributed by atoms with van der Waals surface area (Å²) in [4.78, 5) is 12.9. The first-order chi connectivity index (χ1) is 17.7. The molecule has 0 saturated heterocycles. The van der Waals surface area contributed by atoms with Crippen LogP contribution in [0.1, 0.15) is 22.5 Å². The van der Waals surface area contributed by atoms with E-state index >= 15 is 0 Å². The van der Waals surface area contributed by atoms with E-state index in [1.54, 1.807) is 48.7 Å². The predicted molar refractivity (Wildman–Crippen MR) is 148 cm³/mol. The van der Waals surface area contributed by atoms with Gasteiger partial charge in [-0.1, -0.05) is 59.6 Å². The van der Waals surface area contributed by atoms with Crippen molar-refractivity contribution in [1.82, 2.24) is 9.99 Å². The highest BCUT2D eigenvalue weighted by atomic mass is 35.5. The van der Waals surface area contributed by atoms with Gasteiger partial charge in [-0.05, 0) is 63.2 Å². The number of carbonyl (C=O) groups excluding carboxylic acids is 1. The highest BCUT2D eigenvalue weighted by Crippen LogP contribution is 2.30. The van der Waals surface area contributed by atoms with Crippen LogP contribution in [0.2, 0.25) is 5.02 Å². The molecule has 3 aromatic carbocycles. The maximum atomic E-state index is 13.4. The van der Waals surface area contributed by atoms with Gasteiger partial charge in [-0.15, -0.1) is 0 Å². The molecule has 0 radical (unpaired) electrons. The predicted octanol–water partition coefficient (Wildman–Crippen LogP) is 5.40. The number of nitrogens with zero attached hydrogens (tertiary/aromatic N) is 3. The zero-order chi connectivity index (χ0) is 26.6. The van der Waals surface area contributed by atoms with Gasteiger partial charge in [0.2, 0.25) is 0 Å². The van der Waals surface area contributed by atoms with Crippen molar-refractivity contribution in [2.24, 2.45) is 5.10 Å². The number of halogens is 1. The summed E-state index contributed by atoms with van der Waals surface area (Å²) >= 11 is 6.30. The van der Waals surface area contributed by atoms with Gasteiger partial charge in [0.05, 0.1) is 21.8 Å². The molecule has 0 atom stereocenters. The molecule has 0 aliphatic heterocycles. The second kappa shape index (κ2) is 11.0. The van der Waals surface area contributed by atoms with Crippen LogP contribution in [0.3, 0.4) is 0 Å². The number of rotatable bonds is 8. The van der Waals surface area contributed by atoms with E-state index in [-0.39, 0.29) is 15.6 Å². The molecule has 37 heavy (non-hydrogen) atoms. The van der Waals surface area contributed by atoms with Crippen molar-refractivity contribution in [3.05, 3.63) is 112 Å². The van der Waals surface area contributed by atoms with Crippen LogP contribution in [0, 0.1) is 20.8 Å². The molecule has 9 heteroatoms. The van der Waals surface area contributed by atoms with Gasteiger partial charge in [-0.3, -0.25) is 9.10 Å². The highest BCUT2D eigenvalue weighted by molar-refractivity contribution is 7.92. The molecule has 1 N–H and O–H groups in total. The Hall–Kier alpha value is -3.88. The zero-order valence-corrected chi connectivity index (χ0v) is 22.3. The molecule has 0 spiro atoms. The Kier molecular flexibility index (Phi) is 7.80. The van der Waals surface area contributed by atoms with E-state index in [0.29, 0.717) is 0 Å². The average molecular weight is 535 g/mol. The Morgan fingerprint density at radius 1 is 0.973 bits per heavy atom. The molecule has 0 aliphatic carbocycles. The summed E-state index contributed by atoms with van der Waals surface area (Å²) in [6, 6.07) is 24.6. The third kappa shape index (κ3) is 5.76. The summed E-state index contributed by atoms with van der Waals surface area (Å²) in [5.74, 6) is -0.608. The molecule has 0 bridgehead atoms. The summed E-state index contributed by atoms with van der Waals surface area (Å²) in [7, 11) is -4.06. The molecule has 1 heterocycles. The van der Waals surface area contributed by atoms with Gasteiger partial charge in [0, 0.05) is 22.6 Å². The number of hydrogen-bond donors (Lipinski definition) is 1. The van der Waals surface area contributed by atoms with Gasteiger partial charge in [-0.25, -0.2) is 13.8 Å². The van der Waals surface area contributed by atoms with E-state index in [1.807, 2.05) is 26.8 Å². The van der Waals surface area contributed by atoms with Crippen molar-refractivity contribution in [2.45, 2.75) is 25.7 Å². The highest BCUT2D eigenvalue weighted by Gasteiger charge is 2.28. The Bertz CT molecular complexity index is 1550. The number of carbonyl (C=O) groups is 1. The molecule has 0 fully saturated rings. The average Bonchev–Trinajstić information content (AvgIpc) is 3.17. The number of aromatic nitrogens is 1. The van der Waals surface area contributed by atoms with Gasteiger partial charge in [0.25, 0.3) is 15.9 Å². The Labute approximate surface area is 222 Å². The third-order valence-electron chi connectivity index (χ3n) is 5.89. The fourth-order valence-corrected chi connectivity index (χ4v) is 5.77. The molecule has 0 unspecified atom stereocenters. The minimum Gasteiger partial charge on any atom is -0.318 e. The first-order valence-electron chi connectivity index (χ1n) is 11.6. The summed E-state index contributed by atoms with van der Waals surface area (Å²) in [6.45, 7) is 5.51. The Morgan fingerprint density at radius 3 is 2.30 bits per heavy atom. The SMILES string of the molecule is Cc1ccc(-n2c(C)cc(/C=N\NC(=O)CN(c3ccccc3Cl)S(=O)(=O)c3ccccc3)c2C)cc1. The number of amides is 1. The summed E-state index contributed by atoms with van der Waals surface area (Å²) < 4.78 is 29.9. The van der Waals surface area contributed by atoms with Crippen LogP contribution in [0.15, 0.2) is 94.9 Å². The molecule has 1 aromatic heterocycles. The zero-order valence-electron chi connectivity index (χ0n) is 20.7. The van der Waals surface area contributed by atoms with Crippen molar-refractivity contribution in [3.8, 4) is 5.69 Å². The molecule has 0 aliphatic rings. The van der Waals surface area contributed by atoms with Crippen LogP contribution in [-0.2, 0) is 14.8 Å². The van der Waals surface area contributed by atoms with Crippen molar-refractivity contribution >= 4 is 39.4 Å². The van der Waals surface area contributed by atoms with E-state index in [4.69, 9.17) is 11.6 Å².